The first-order valence-corrected chi connectivity index (χ1v) is 15.3. The highest BCUT2D eigenvalue weighted by molar-refractivity contribution is 7.00. The van der Waals surface area contributed by atoms with E-state index in [1.54, 1.807) is 0 Å². The molecule has 0 atom stereocenters. The Labute approximate surface area is 258 Å². The molecule has 1 fully saturated rings. The summed E-state index contributed by atoms with van der Waals surface area (Å²) in [7, 11) is 0. The van der Waals surface area contributed by atoms with Crippen LogP contribution in [-0.2, 0) is 25.8 Å². The number of fused-ring (bicyclic) bond motifs is 1. The van der Waals surface area contributed by atoms with E-state index in [1.807, 2.05) is 72.9 Å². The van der Waals surface area contributed by atoms with Crippen LogP contribution in [0.4, 0.5) is 0 Å². The summed E-state index contributed by atoms with van der Waals surface area (Å²) in [5.74, 6) is -1.48. The van der Waals surface area contributed by atoms with Crippen molar-refractivity contribution in [2.45, 2.75) is 45.1 Å². The van der Waals surface area contributed by atoms with Crippen LogP contribution in [0.25, 0.3) is 45.6 Å². The van der Waals surface area contributed by atoms with Crippen molar-refractivity contribution in [1.29, 1.82) is 0 Å². The number of hydrogen-bond donors (Lipinski definition) is 0. The molecule has 2 amide bonds. The maximum absolute atomic E-state index is 12.0. The zero-order valence-corrected chi connectivity index (χ0v) is 24.8. The molecular weight excluding hydrogens is 574 g/mol. The van der Waals surface area contributed by atoms with Crippen LogP contribution >= 0.6 is 11.7 Å². The normalized spacial score (nSPS) is 13.3. The van der Waals surface area contributed by atoms with Gasteiger partial charge in [-0.05, 0) is 36.6 Å². The van der Waals surface area contributed by atoms with Crippen LogP contribution in [0.3, 0.4) is 0 Å². The number of hydrogen-bond acceptors (Lipinski definition) is 8. The van der Waals surface area contributed by atoms with Gasteiger partial charge in [-0.1, -0.05) is 60.7 Å². The zero-order chi connectivity index (χ0) is 30.3. The summed E-state index contributed by atoms with van der Waals surface area (Å²) in [6.45, 7) is 0.780. The molecule has 0 saturated carbocycles. The second-order valence-electron chi connectivity index (χ2n) is 10.5. The monoisotopic (exact) mass is 604 g/mol. The molecule has 0 bridgehead atoms. The van der Waals surface area contributed by atoms with Gasteiger partial charge >= 0.3 is 5.97 Å². The quantitative estimate of drug-likeness (QED) is 0.103. The lowest BCUT2D eigenvalue weighted by atomic mass is 9.99. The lowest BCUT2D eigenvalue weighted by Gasteiger charge is -2.12. The first-order valence-electron chi connectivity index (χ1n) is 14.6. The molecule has 10 heteroatoms. The van der Waals surface area contributed by atoms with Crippen molar-refractivity contribution in [3.63, 3.8) is 0 Å². The molecule has 0 N–H and O–H groups in total. The van der Waals surface area contributed by atoms with E-state index in [4.69, 9.17) is 14.2 Å². The number of aromatic nitrogens is 4. The maximum Gasteiger partial charge on any atom is 0.333 e. The maximum atomic E-state index is 12.0. The number of pyridine rings is 2. The number of carbonyl (C=O) groups excluding carboxylic acids is 3. The number of rotatable bonds is 11. The number of carbonyl (C=O) groups is 3. The summed E-state index contributed by atoms with van der Waals surface area (Å²) in [6, 6.07) is 24.3. The van der Waals surface area contributed by atoms with Crippen LogP contribution in [0.5, 0.6) is 0 Å². The molecule has 0 radical (unpaired) electrons. The third-order valence-corrected chi connectivity index (χ3v) is 7.89. The minimum absolute atomic E-state index is 0.0928. The summed E-state index contributed by atoms with van der Waals surface area (Å²) >= 11 is 1.19. The summed E-state index contributed by atoms with van der Waals surface area (Å²) in [6.07, 6.45) is 10.8. The van der Waals surface area contributed by atoms with Crippen molar-refractivity contribution in [3.8, 4) is 22.4 Å². The number of benzene rings is 2. The highest BCUT2D eigenvalue weighted by Crippen LogP contribution is 2.36. The highest BCUT2D eigenvalue weighted by Gasteiger charge is 2.32. The van der Waals surface area contributed by atoms with Gasteiger partial charge in [-0.15, -0.1) is 5.06 Å². The molecule has 0 spiro atoms. The van der Waals surface area contributed by atoms with Gasteiger partial charge in [0.25, 0.3) is 11.8 Å². The van der Waals surface area contributed by atoms with Crippen LogP contribution in [-0.4, -0.2) is 36.6 Å². The standard InChI is InChI=1S/C34H30N5O4S/c40-28-19-20-29(41)39(28)43-30(42)16-8-3-9-21-38-22-10-11-24(23-38)17-18-27-31(25-12-4-1-5-13-25)33-34(37-44-36-33)32(35-27)26-14-6-2-7-15-26/h1-2,4-7,10-15,17-18,22-23H,3,8-9,16,19-21H2/q+1/b18-17+. The minimum Gasteiger partial charge on any atom is -0.330 e. The van der Waals surface area contributed by atoms with Crippen molar-refractivity contribution < 1.29 is 23.8 Å². The molecule has 5 aromatic rings. The van der Waals surface area contributed by atoms with Gasteiger partial charge in [0.2, 0.25) is 0 Å². The fourth-order valence-electron chi connectivity index (χ4n) is 5.17. The van der Waals surface area contributed by atoms with Crippen LogP contribution in [0, 0.1) is 0 Å². The van der Waals surface area contributed by atoms with E-state index in [0.717, 1.165) is 64.1 Å². The SMILES string of the molecule is O=C(CCCCC[n+]1cccc(/C=C/c2nc(-c3ccccc3)c3nsnc3c2-c2ccccc2)c1)ON1C(=O)CCC1=O. The number of aryl methyl sites for hydroxylation is 1. The Morgan fingerprint density at radius 3 is 2.30 bits per heavy atom. The third-order valence-electron chi connectivity index (χ3n) is 7.36. The lowest BCUT2D eigenvalue weighted by Crippen LogP contribution is -2.33. The Balaban J connectivity index is 1.15. The Bertz CT molecular complexity index is 1820. The van der Waals surface area contributed by atoms with Crippen molar-refractivity contribution in [3.05, 3.63) is 96.4 Å². The molecule has 0 aliphatic carbocycles. The predicted octanol–water partition coefficient (Wildman–Crippen LogP) is 6.05. The van der Waals surface area contributed by atoms with Gasteiger partial charge in [0.15, 0.2) is 12.4 Å². The second-order valence-corrected chi connectivity index (χ2v) is 11.0. The molecule has 9 nitrogen and oxygen atoms in total. The average Bonchev–Trinajstić information content (AvgIpc) is 3.67. The van der Waals surface area contributed by atoms with E-state index in [1.165, 1.54) is 11.7 Å². The van der Waals surface area contributed by atoms with Gasteiger partial charge in [-0.25, -0.2) is 14.3 Å². The van der Waals surface area contributed by atoms with E-state index < -0.39 is 17.8 Å². The van der Waals surface area contributed by atoms with Crippen molar-refractivity contribution in [2.75, 3.05) is 0 Å². The highest BCUT2D eigenvalue weighted by atomic mass is 32.1. The summed E-state index contributed by atoms with van der Waals surface area (Å²) < 4.78 is 11.4. The predicted molar refractivity (Wildman–Crippen MR) is 167 cm³/mol. The smallest absolute Gasteiger partial charge is 0.330 e. The molecule has 3 aromatic heterocycles. The molecule has 1 aliphatic rings. The molecule has 44 heavy (non-hydrogen) atoms. The van der Waals surface area contributed by atoms with E-state index in [9.17, 15) is 14.4 Å². The van der Waals surface area contributed by atoms with Gasteiger partial charge in [0.05, 0.1) is 23.1 Å². The van der Waals surface area contributed by atoms with E-state index in [-0.39, 0.29) is 19.3 Å². The minimum atomic E-state index is -0.557. The Kier molecular flexibility index (Phi) is 8.88. The van der Waals surface area contributed by atoms with Crippen LogP contribution in [0.2, 0.25) is 0 Å². The van der Waals surface area contributed by atoms with Gasteiger partial charge in [-0.3, -0.25) is 9.59 Å². The fourth-order valence-corrected chi connectivity index (χ4v) is 5.72. The lowest BCUT2D eigenvalue weighted by molar-refractivity contribution is -0.697. The van der Waals surface area contributed by atoms with Crippen LogP contribution in [0.15, 0.2) is 85.2 Å². The number of amides is 2. The first-order chi connectivity index (χ1) is 21.6. The van der Waals surface area contributed by atoms with Gasteiger partial charge in [0, 0.05) is 48.4 Å². The number of hydroxylamine groups is 2. The molecule has 1 aliphatic heterocycles. The molecule has 0 unspecified atom stereocenters. The van der Waals surface area contributed by atoms with E-state index in [2.05, 4.69) is 33.3 Å². The van der Waals surface area contributed by atoms with Gasteiger partial charge in [-0.2, -0.15) is 8.75 Å². The van der Waals surface area contributed by atoms with Crippen molar-refractivity contribution in [1.82, 2.24) is 18.8 Å². The molecule has 6 rings (SSSR count). The number of imide groups is 1. The number of unbranched alkanes of at least 4 members (excludes halogenated alkanes) is 2. The van der Waals surface area contributed by atoms with Gasteiger partial charge < -0.3 is 4.84 Å². The van der Waals surface area contributed by atoms with E-state index in [0.29, 0.717) is 11.5 Å². The van der Waals surface area contributed by atoms with Crippen molar-refractivity contribution in [2.24, 2.45) is 0 Å². The zero-order valence-electron chi connectivity index (χ0n) is 24.0. The Hall–Kier alpha value is -5.09. The summed E-state index contributed by atoms with van der Waals surface area (Å²) in [4.78, 5) is 45.3. The second kappa shape index (κ2) is 13.5. The molecule has 220 valence electrons. The topological polar surface area (TPSA) is 106 Å². The molecular formula is C34H30N5O4S+. The summed E-state index contributed by atoms with van der Waals surface area (Å²) in [5, 5.41) is 0.601. The Morgan fingerprint density at radius 2 is 1.55 bits per heavy atom. The molecule has 2 aromatic carbocycles. The molecule has 4 heterocycles. The van der Waals surface area contributed by atoms with Gasteiger partial charge in [0.1, 0.15) is 17.6 Å². The fraction of sp³-hybridized carbons (Fsp3) is 0.206. The largest absolute Gasteiger partial charge is 0.333 e. The van der Waals surface area contributed by atoms with E-state index >= 15 is 0 Å². The number of nitrogens with zero attached hydrogens (tertiary/aromatic N) is 5. The summed E-state index contributed by atoms with van der Waals surface area (Å²) in [5.41, 5.74) is 7.24. The van der Waals surface area contributed by atoms with Crippen molar-refractivity contribution >= 4 is 52.7 Å². The molecule has 1 saturated heterocycles. The van der Waals surface area contributed by atoms with Crippen LogP contribution in [0.1, 0.15) is 49.8 Å². The third kappa shape index (κ3) is 6.60. The average molecular weight is 605 g/mol. The first kappa shape index (κ1) is 29.0. The Morgan fingerprint density at radius 1 is 0.841 bits per heavy atom. The van der Waals surface area contributed by atoms with Crippen LogP contribution < -0.4 is 4.57 Å².